The zero-order valence-electron chi connectivity index (χ0n) is 32.1. The van der Waals surface area contributed by atoms with E-state index in [9.17, 15) is 0 Å². The Kier molecular flexibility index (Phi) is 6.68. The van der Waals surface area contributed by atoms with Crippen molar-refractivity contribution in [2.24, 2.45) is 0 Å². The van der Waals surface area contributed by atoms with Gasteiger partial charge in [-0.15, -0.1) is 0 Å². The van der Waals surface area contributed by atoms with Crippen molar-refractivity contribution in [1.82, 2.24) is 0 Å². The van der Waals surface area contributed by atoms with Crippen LogP contribution in [0.3, 0.4) is 0 Å². The largest absolute Gasteiger partial charge is 0.456 e. The van der Waals surface area contributed by atoms with Crippen LogP contribution in [-0.2, 0) is 5.41 Å². The summed E-state index contributed by atoms with van der Waals surface area (Å²) in [6.45, 7) is 0. The van der Waals surface area contributed by atoms with Gasteiger partial charge in [0.05, 0.1) is 11.1 Å². The van der Waals surface area contributed by atoms with E-state index in [1.54, 1.807) is 0 Å². The zero-order chi connectivity index (χ0) is 38.7. The quantitative estimate of drug-likeness (QED) is 0.167. The number of fused-ring (bicyclic) bond motifs is 16. The Bertz CT molecular complexity index is 3450. The maximum atomic E-state index is 6.18. The monoisotopic (exact) mass is 749 g/mol. The van der Waals surface area contributed by atoms with E-state index in [1.165, 1.54) is 66.1 Å². The average molecular weight is 750 g/mol. The summed E-state index contributed by atoms with van der Waals surface area (Å²) in [5.74, 6) is 0. The van der Waals surface area contributed by atoms with Gasteiger partial charge in [-0.05, 0) is 120 Å². The normalized spacial score (nSPS) is 13.2. The molecule has 0 N–H and O–H groups in total. The Labute approximate surface area is 341 Å². The van der Waals surface area contributed by atoms with Crippen LogP contribution < -0.4 is 4.90 Å². The maximum absolute atomic E-state index is 6.18. The predicted octanol–water partition coefficient (Wildman–Crippen LogP) is 15.4. The van der Waals surface area contributed by atoms with Crippen LogP contribution in [0.4, 0.5) is 17.1 Å². The van der Waals surface area contributed by atoms with Crippen LogP contribution in [0.15, 0.2) is 217 Å². The first-order chi connectivity index (χ1) is 29.3. The molecule has 13 rings (SSSR count). The predicted molar refractivity (Wildman–Crippen MR) is 245 cm³/mol. The molecule has 1 spiro atoms. The highest BCUT2D eigenvalue weighted by Crippen LogP contribution is 2.63. The highest BCUT2D eigenvalue weighted by atomic mass is 16.3. The van der Waals surface area contributed by atoms with Gasteiger partial charge in [-0.3, -0.25) is 0 Å². The molecule has 274 valence electrons. The highest BCUT2D eigenvalue weighted by molar-refractivity contribution is 6.15. The van der Waals surface area contributed by atoms with Crippen LogP contribution in [0.5, 0.6) is 0 Å². The first-order valence-corrected chi connectivity index (χ1v) is 20.4. The molecule has 0 atom stereocenters. The Morgan fingerprint density at radius 2 is 0.898 bits per heavy atom. The van der Waals surface area contributed by atoms with Crippen molar-refractivity contribution in [3.05, 3.63) is 235 Å². The molecule has 2 aliphatic rings. The van der Waals surface area contributed by atoms with Gasteiger partial charge >= 0.3 is 0 Å². The Morgan fingerprint density at radius 1 is 0.339 bits per heavy atom. The van der Waals surface area contributed by atoms with E-state index in [4.69, 9.17) is 4.42 Å². The van der Waals surface area contributed by atoms with Gasteiger partial charge in [-0.25, -0.2) is 0 Å². The minimum atomic E-state index is -0.438. The van der Waals surface area contributed by atoms with Gasteiger partial charge < -0.3 is 9.32 Å². The summed E-state index contributed by atoms with van der Waals surface area (Å²) in [7, 11) is 0. The lowest BCUT2D eigenvalue weighted by Crippen LogP contribution is -2.26. The summed E-state index contributed by atoms with van der Waals surface area (Å²) in [6, 6.07) is 78.3. The van der Waals surface area contributed by atoms with Gasteiger partial charge in [-0.2, -0.15) is 0 Å². The molecular weight excluding hydrogens is 715 g/mol. The summed E-state index contributed by atoms with van der Waals surface area (Å²) in [6.07, 6.45) is 0. The SMILES string of the molecule is c1ccc2c(c1)-c1ccccc1C21c2ccccc2-c2ccc(N(c3ccc(-c4ccc5oc6ccccc6c5c4)cc3)c3cccc4ccc5ccccc5c34)cc21. The molecule has 10 aromatic carbocycles. The lowest BCUT2D eigenvalue weighted by Gasteiger charge is -2.32. The van der Waals surface area contributed by atoms with Crippen molar-refractivity contribution < 1.29 is 4.42 Å². The molecule has 2 nitrogen and oxygen atoms in total. The van der Waals surface area contributed by atoms with E-state index in [-0.39, 0.29) is 0 Å². The first-order valence-electron chi connectivity index (χ1n) is 20.4. The van der Waals surface area contributed by atoms with Crippen LogP contribution in [0.1, 0.15) is 22.3 Å². The number of hydrogen-bond donors (Lipinski definition) is 0. The molecule has 0 bridgehead atoms. The van der Waals surface area contributed by atoms with Gasteiger partial charge in [0, 0.05) is 27.5 Å². The van der Waals surface area contributed by atoms with Crippen molar-refractivity contribution in [2.45, 2.75) is 5.41 Å². The molecular formula is C57H35NO. The van der Waals surface area contributed by atoms with Gasteiger partial charge in [0.1, 0.15) is 11.2 Å². The lowest BCUT2D eigenvalue weighted by molar-refractivity contribution is 0.669. The van der Waals surface area contributed by atoms with Gasteiger partial charge in [0.25, 0.3) is 0 Å². The Balaban J connectivity index is 1.05. The number of para-hydroxylation sites is 1. The second-order valence-electron chi connectivity index (χ2n) is 16.0. The second-order valence-corrected chi connectivity index (χ2v) is 16.0. The van der Waals surface area contributed by atoms with Crippen molar-refractivity contribution in [3.8, 4) is 33.4 Å². The van der Waals surface area contributed by atoms with Gasteiger partial charge in [0.15, 0.2) is 0 Å². The molecule has 2 aliphatic carbocycles. The Hall–Kier alpha value is -7.68. The van der Waals surface area contributed by atoms with Crippen LogP contribution in [-0.4, -0.2) is 0 Å². The summed E-state index contributed by atoms with van der Waals surface area (Å²) in [5.41, 5.74) is 17.6. The fraction of sp³-hybridized carbons (Fsp3) is 0.0175. The van der Waals surface area contributed by atoms with Crippen molar-refractivity contribution in [3.63, 3.8) is 0 Å². The van der Waals surface area contributed by atoms with E-state index in [2.05, 4.69) is 205 Å². The van der Waals surface area contributed by atoms with Crippen LogP contribution in [0.2, 0.25) is 0 Å². The molecule has 2 heteroatoms. The van der Waals surface area contributed by atoms with Crippen LogP contribution in [0, 0.1) is 0 Å². The standard InChI is InChI=1S/C57H35NO/c1-2-14-42-37(12-1)24-25-38-13-11-22-53(56(38)42)58(40-29-26-36(27-30-40)39-28-33-55-48(34-39)47-18-6-10-23-54(47)59-55)41-31-32-46-45-17-5-9-21-51(45)57(52(46)35-41)49-19-7-3-15-43(49)44-16-4-8-20-50(44)57/h1-35H. The molecule has 0 aliphatic heterocycles. The molecule has 1 heterocycles. The molecule has 0 saturated carbocycles. The number of anilines is 3. The number of rotatable bonds is 4. The third kappa shape index (κ3) is 4.46. The topological polar surface area (TPSA) is 16.4 Å². The fourth-order valence-corrected chi connectivity index (χ4v) is 10.6. The minimum absolute atomic E-state index is 0.438. The van der Waals surface area contributed by atoms with E-state index in [0.29, 0.717) is 0 Å². The molecule has 0 saturated heterocycles. The van der Waals surface area contributed by atoms with Crippen molar-refractivity contribution >= 4 is 60.5 Å². The molecule has 59 heavy (non-hydrogen) atoms. The maximum Gasteiger partial charge on any atom is 0.135 e. The molecule has 1 aromatic heterocycles. The smallest absolute Gasteiger partial charge is 0.135 e. The number of furan rings is 1. The van der Waals surface area contributed by atoms with Crippen molar-refractivity contribution in [2.75, 3.05) is 4.90 Å². The van der Waals surface area contributed by atoms with Gasteiger partial charge in [0.2, 0.25) is 0 Å². The zero-order valence-corrected chi connectivity index (χ0v) is 32.1. The first kappa shape index (κ1) is 32.4. The van der Waals surface area contributed by atoms with E-state index in [1.807, 2.05) is 12.1 Å². The van der Waals surface area contributed by atoms with Crippen LogP contribution in [0.25, 0.3) is 76.9 Å². The molecule has 0 unspecified atom stereocenters. The van der Waals surface area contributed by atoms with Crippen molar-refractivity contribution in [1.29, 1.82) is 0 Å². The third-order valence-corrected chi connectivity index (χ3v) is 13.1. The average Bonchev–Trinajstić information content (AvgIpc) is 3.93. The summed E-state index contributed by atoms with van der Waals surface area (Å²) in [4.78, 5) is 2.48. The summed E-state index contributed by atoms with van der Waals surface area (Å²) >= 11 is 0. The molecule has 0 fully saturated rings. The van der Waals surface area contributed by atoms with E-state index >= 15 is 0 Å². The minimum Gasteiger partial charge on any atom is -0.456 e. The fourth-order valence-electron chi connectivity index (χ4n) is 10.6. The van der Waals surface area contributed by atoms with Crippen LogP contribution >= 0.6 is 0 Å². The second kappa shape index (κ2) is 12.2. The molecule has 0 amide bonds. The summed E-state index contributed by atoms with van der Waals surface area (Å²) < 4.78 is 6.18. The van der Waals surface area contributed by atoms with E-state index < -0.39 is 5.41 Å². The molecule has 0 radical (unpaired) electrons. The number of benzene rings is 10. The Morgan fingerprint density at radius 3 is 1.64 bits per heavy atom. The third-order valence-electron chi connectivity index (χ3n) is 13.1. The number of hydrogen-bond acceptors (Lipinski definition) is 2. The highest BCUT2D eigenvalue weighted by Gasteiger charge is 2.51. The summed E-state index contributed by atoms with van der Waals surface area (Å²) in [5, 5.41) is 7.20. The molecule has 11 aromatic rings. The number of nitrogens with zero attached hydrogens (tertiary/aromatic N) is 1. The lowest BCUT2D eigenvalue weighted by atomic mass is 9.70. The van der Waals surface area contributed by atoms with E-state index in [0.717, 1.165) is 50.1 Å². The van der Waals surface area contributed by atoms with Gasteiger partial charge in [-0.1, -0.05) is 164 Å².